The Balaban J connectivity index is 3.15. The number of nitrogens with zero attached hydrogens (tertiary/aromatic N) is 1. The van der Waals surface area contributed by atoms with Crippen LogP contribution in [0.25, 0.3) is 0 Å². The predicted octanol–water partition coefficient (Wildman–Crippen LogP) is 0.208. The van der Waals surface area contributed by atoms with Crippen molar-refractivity contribution in [1.82, 2.24) is 4.98 Å². The third-order valence-corrected chi connectivity index (χ3v) is 1.68. The van der Waals surface area contributed by atoms with Crippen LogP contribution in [0.3, 0.4) is 0 Å². The smallest absolute Gasteiger partial charge is 0.0742 e. The summed E-state index contributed by atoms with van der Waals surface area (Å²) in [4.78, 5) is 13.9. The van der Waals surface area contributed by atoms with E-state index in [1.54, 1.807) is 6.07 Å². The van der Waals surface area contributed by atoms with Crippen LogP contribution in [-0.4, -0.2) is 11.0 Å². The number of carbonyl (C=O) groups is 1. The molecule has 0 aromatic carbocycles. The van der Waals surface area contributed by atoms with Crippen LogP contribution in [0.15, 0.2) is 22.9 Å². The molecule has 1 aromatic heterocycles. The Morgan fingerprint density at radius 1 is 1.70 bits per heavy atom. The average Bonchev–Trinajstić information content (AvgIpc) is 1.88. The summed E-state index contributed by atoms with van der Waals surface area (Å²) in [5.74, 6) is -1.22. The molecule has 3 nitrogen and oxygen atoms in total. The Morgan fingerprint density at radius 2 is 2.40 bits per heavy atom. The van der Waals surface area contributed by atoms with Crippen LogP contribution in [0.5, 0.6) is 0 Å². The van der Waals surface area contributed by atoms with Crippen LogP contribution in [-0.2, 0) is 0 Å². The molecule has 0 amide bonds. The summed E-state index contributed by atoms with van der Waals surface area (Å²) in [6.45, 7) is 0. The Hall–Kier alpha value is -0.900. The Morgan fingerprint density at radius 3 is 2.80 bits per heavy atom. The highest BCUT2D eigenvalue weighted by molar-refractivity contribution is 9.10. The van der Waals surface area contributed by atoms with E-state index in [0.29, 0.717) is 4.47 Å². The first-order chi connectivity index (χ1) is 4.72. The molecule has 0 atom stereocenters. The van der Waals surface area contributed by atoms with Crippen molar-refractivity contribution in [3.63, 3.8) is 0 Å². The van der Waals surface area contributed by atoms with Crippen LogP contribution in [0.1, 0.15) is 10.4 Å². The monoisotopic (exact) mass is 200 g/mol. The number of hydrogen-bond acceptors (Lipinski definition) is 3. The van der Waals surface area contributed by atoms with E-state index in [1.807, 2.05) is 0 Å². The topological polar surface area (TPSA) is 53.0 Å². The Labute approximate surface area is 65.8 Å². The first kappa shape index (κ1) is 7.21. The van der Waals surface area contributed by atoms with Gasteiger partial charge in [-0.2, -0.15) is 0 Å². The number of carboxylic acid groups (broad SMARTS) is 1. The van der Waals surface area contributed by atoms with Crippen LogP contribution >= 0.6 is 15.9 Å². The maximum atomic E-state index is 10.2. The lowest BCUT2D eigenvalue weighted by atomic mass is 10.3. The highest BCUT2D eigenvalue weighted by Crippen LogP contribution is 2.12. The minimum atomic E-state index is -1.22. The van der Waals surface area contributed by atoms with E-state index < -0.39 is 5.97 Å². The summed E-state index contributed by atoms with van der Waals surface area (Å²) in [6, 6.07) is 1.55. The van der Waals surface area contributed by atoms with Crippen molar-refractivity contribution >= 4 is 21.9 Å². The van der Waals surface area contributed by atoms with Crippen LogP contribution in [0.4, 0.5) is 0 Å². The van der Waals surface area contributed by atoms with Gasteiger partial charge in [0, 0.05) is 22.4 Å². The summed E-state index contributed by atoms with van der Waals surface area (Å²) in [6.07, 6.45) is 2.73. The van der Waals surface area contributed by atoms with Crippen molar-refractivity contribution in [2.75, 3.05) is 0 Å². The van der Waals surface area contributed by atoms with E-state index in [2.05, 4.69) is 20.9 Å². The molecule has 0 aliphatic heterocycles. The van der Waals surface area contributed by atoms with Crippen LogP contribution in [0, 0.1) is 0 Å². The van der Waals surface area contributed by atoms with Gasteiger partial charge >= 0.3 is 0 Å². The maximum absolute atomic E-state index is 10.2. The molecular weight excluding hydrogens is 198 g/mol. The van der Waals surface area contributed by atoms with Crippen molar-refractivity contribution in [3.8, 4) is 0 Å². The molecule has 0 fully saturated rings. The fourth-order valence-corrected chi connectivity index (χ4v) is 0.910. The molecule has 0 radical (unpaired) electrons. The third-order valence-electron chi connectivity index (χ3n) is 0.988. The number of pyridine rings is 1. The lowest BCUT2D eigenvalue weighted by Crippen LogP contribution is -2.22. The third kappa shape index (κ3) is 1.33. The molecule has 0 aliphatic carbocycles. The van der Waals surface area contributed by atoms with E-state index in [-0.39, 0.29) is 5.56 Å². The van der Waals surface area contributed by atoms with Crippen molar-refractivity contribution in [2.24, 2.45) is 0 Å². The zero-order chi connectivity index (χ0) is 7.56. The molecule has 0 spiro atoms. The summed E-state index contributed by atoms with van der Waals surface area (Å²) < 4.78 is 0.488. The van der Waals surface area contributed by atoms with E-state index in [4.69, 9.17) is 0 Å². The van der Waals surface area contributed by atoms with Gasteiger partial charge in [0.2, 0.25) is 0 Å². The molecule has 0 bridgehead atoms. The lowest BCUT2D eigenvalue weighted by molar-refractivity contribution is -0.255. The Kier molecular flexibility index (Phi) is 2.01. The zero-order valence-corrected chi connectivity index (χ0v) is 6.46. The van der Waals surface area contributed by atoms with E-state index in [9.17, 15) is 9.90 Å². The van der Waals surface area contributed by atoms with Gasteiger partial charge in [0.25, 0.3) is 0 Å². The summed E-state index contributed by atoms with van der Waals surface area (Å²) >= 11 is 3.04. The fourth-order valence-electron chi connectivity index (χ4n) is 0.528. The molecule has 0 N–H and O–H groups in total. The number of aromatic nitrogens is 1. The molecule has 4 heteroatoms. The Bertz CT molecular complexity index is 262. The number of carboxylic acids is 1. The fraction of sp³-hybridized carbons (Fsp3) is 0. The van der Waals surface area contributed by atoms with Gasteiger partial charge in [-0.25, -0.2) is 0 Å². The normalized spacial score (nSPS) is 9.30. The highest BCUT2D eigenvalue weighted by Gasteiger charge is 1.97. The van der Waals surface area contributed by atoms with Gasteiger partial charge in [0.15, 0.2) is 0 Å². The van der Waals surface area contributed by atoms with Gasteiger partial charge in [-0.1, -0.05) is 0 Å². The standard InChI is InChI=1S/C6H4BrNO2/c7-5-1-2-8-3-4(5)6(9)10/h1-3H,(H,9,10)/p-1. The lowest BCUT2D eigenvalue weighted by Gasteiger charge is -2.01. The maximum Gasteiger partial charge on any atom is 0.0742 e. The van der Waals surface area contributed by atoms with Crippen molar-refractivity contribution in [2.45, 2.75) is 0 Å². The minimum absolute atomic E-state index is 0.0718. The van der Waals surface area contributed by atoms with E-state index >= 15 is 0 Å². The second-order valence-corrected chi connectivity index (χ2v) is 2.50. The molecule has 10 heavy (non-hydrogen) atoms. The quantitative estimate of drug-likeness (QED) is 0.652. The van der Waals surface area contributed by atoms with Gasteiger partial charge in [-0.05, 0) is 22.0 Å². The average molecular weight is 201 g/mol. The molecule has 1 aromatic rings. The highest BCUT2D eigenvalue weighted by atomic mass is 79.9. The van der Waals surface area contributed by atoms with Gasteiger partial charge in [-0.3, -0.25) is 4.98 Å². The SMILES string of the molecule is O=C([O-])c1cnccc1Br. The molecule has 52 valence electrons. The number of carbonyl (C=O) groups excluding carboxylic acids is 1. The molecular formula is C6H3BrNO2-. The largest absolute Gasteiger partial charge is 0.545 e. The number of hydrogen-bond donors (Lipinski definition) is 0. The van der Waals surface area contributed by atoms with E-state index in [1.165, 1.54) is 12.4 Å². The van der Waals surface area contributed by atoms with Crippen molar-refractivity contribution in [1.29, 1.82) is 0 Å². The van der Waals surface area contributed by atoms with Gasteiger partial charge < -0.3 is 9.90 Å². The van der Waals surface area contributed by atoms with Crippen molar-refractivity contribution in [3.05, 3.63) is 28.5 Å². The molecule has 0 saturated carbocycles. The first-order valence-corrected chi connectivity index (χ1v) is 3.32. The summed E-state index contributed by atoms with van der Waals surface area (Å²) in [5.41, 5.74) is 0.0718. The number of aromatic carboxylic acids is 1. The van der Waals surface area contributed by atoms with Crippen LogP contribution < -0.4 is 5.11 Å². The summed E-state index contributed by atoms with van der Waals surface area (Å²) in [5, 5.41) is 10.2. The number of halogens is 1. The predicted molar refractivity (Wildman–Crippen MR) is 36.3 cm³/mol. The molecule has 1 heterocycles. The summed E-state index contributed by atoms with van der Waals surface area (Å²) in [7, 11) is 0. The molecule has 0 saturated heterocycles. The second-order valence-electron chi connectivity index (χ2n) is 1.64. The van der Waals surface area contributed by atoms with Crippen LogP contribution in [0.2, 0.25) is 0 Å². The van der Waals surface area contributed by atoms with E-state index in [0.717, 1.165) is 0 Å². The first-order valence-electron chi connectivity index (χ1n) is 2.52. The van der Waals surface area contributed by atoms with Gasteiger partial charge in [0.05, 0.1) is 5.97 Å². The van der Waals surface area contributed by atoms with Gasteiger partial charge in [0.1, 0.15) is 0 Å². The number of rotatable bonds is 1. The minimum Gasteiger partial charge on any atom is -0.545 e. The van der Waals surface area contributed by atoms with Crippen molar-refractivity contribution < 1.29 is 9.90 Å². The molecule has 0 aliphatic rings. The van der Waals surface area contributed by atoms with Gasteiger partial charge in [-0.15, -0.1) is 0 Å². The molecule has 1 rings (SSSR count). The second kappa shape index (κ2) is 2.79. The zero-order valence-electron chi connectivity index (χ0n) is 4.87. The molecule has 0 unspecified atom stereocenters.